The van der Waals surface area contributed by atoms with Gasteiger partial charge >= 0.3 is 0 Å². The van der Waals surface area contributed by atoms with Crippen LogP contribution in [-0.4, -0.2) is 5.91 Å². The molecule has 178 valence electrons. The Kier molecular flexibility index (Phi) is 7.85. The average Bonchev–Trinajstić information content (AvgIpc) is 2.89. The van der Waals surface area contributed by atoms with Gasteiger partial charge < -0.3 is 10.1 Å². The Morgan fingerprint density at radius 1 is 1.06 bits per heavy atom. The van der Waals surface area contributed by atoms with Gasteiger partial charge in [-0.2, -0.15) is 5.26 Å². The molecule has 4 nitrogen and oxygen atoms in total. The first-order chi connectivity index (χ1) is 17.5. The number of anilines is 1. The topological polar surface area (TPSA) is 62.1 Å². The Labute approximate surface area is 216 Å². The molecular weight excluding hydrogens is 468 g/mol. The number of rotatable bonds is 8. The standard InChI is InChI=1S/C31H25ClN2O2/c1-3-6-26-15-22(16-27(19-33)31(35)34-28-13-9-21(2)29(32)18-28)11-14-30(26)36-20-23-10-12-24-7-4-5-8-25(24)17-23/h3-5,7-18H,1,6,20H2,2H3,(H,34,35)/b27-16-. The van der Waals surface area contributed by atoms with E-state index in [1.54, 1.807) is 24.3 Å². The minimum Gasteiger partial charge on any atom is -0.489 e. The van der Waals surface area contributed by atoms with E-state index in [4.69, 9.17) is 16.3 Å². The number of aryl methyl sites for hydroxylation is 1. The van der Waals surface area contributed by atoms with Crippen LogP contribution in [0.15, 0.2) is 97.1 Å². The molecule has 5 heteroatoms. The fourth-order valence-electron chi connectivity index (χ4n) is 3.82. The molecule has 36 heavy (non-hydrogen) atoms. The quantitative estimate of drug-likeness (QED) is 0.156. The lowest BCUT2D eigenvalue weighted by molar-refractivity contribution is -0.112. The van der Waals surface area contributed by atoms with Crippen molar-refractivity contribution in [2.24, 2.45) is 0 Å². The zero-order chi connectivity index (χ0) is 25.5. The van der Waals surface area contributed by atoms with Gasteiger partial charge in [-0.1, -0.05) is 66.2 Å². The van der Waals surface area contributed by atoms with Crippen LogP contribution >= 0.6 is 11.6 Å². The van der Waals surface area contributed by atoms with Gasteiger partial charge in [-0.25, -0.2) is 0 Å². The summed E-state index contributed by atoms with van der Waals surface area (Å²) in [7, 11) is 0. The summed E-state index contributed by atoms with van der Waals surface area (Å²) in [5.74, 6) is 0.233. The molecule has 0 saturated heterocycles. The van der Waals surface area contributed by atoms with Crippen molar-refractivity contribution in [2.75, 3.05) is 5.32 Å². The molecule has 0 spiro atoms. The van der Waals surface area contributed by atoms with E-state index in [2.05, 4.69) is 42.2 Å². The van der Waals surface area contributed by atoms with Crippen LogP contribution in [0.5, 0.6) is 5.75 Å². The van der Waals surface area contributed by atoms with Crippen LogP contribution in [0.4, 0.5) is 5.69 Å². The molecule has 0 aromatic heterocycles. The van der Waals surface area contributed by atoms with Gasteiger partial charge in [0.05, 0.1) is 0 Å². The van der Waals surface area contributed by atoms with Crippen LogP contribution < -0.4 is 10.1 Å². The highest BCUT2D eigenvalue weighted by Crippen LogP contribution is 2.25. The molecule has 0 aliphatic carbocycles. The fraction of sp³-hybridized carbons (Fsp3) is 0.0968. The third kappa shape index (κ3) is 6.02. The van der Waals surface area contributed by atoms with E-state index < -0.39 is 5.91 Å². The summed E-state index contributed by atoms with van der Waals surface area (Å²) < 4.78 is 6.13. The minimum absolute atomic E-state index is 0.0129. The molecule has 4 aromatic carbocycles. The summed E-state index contributed by atoms with van der Waals surface area (Å²) in [5.41, 5.74) is 4.13. The number of hydrogen-bond acceptors (Lipinski definition) is 3. The van der Waals surface area contributed by atoms with Crippen molar-refractivity contribution in [1.29, 1.82) is 5.26 Å². The van der Waals surface area contributed by atoms with E-state index in [0.29, 0.717) is 23.7 Å². The predicted octanol–water partition coefficient (Wildman–Crippen LogP) is 7.65. The minimum atomic E-state index is -0.501. The SMILES string of the molecule is C=CCc1cc(/C=C(/C#N)C(=O)Nc2ccc(C)c(Cl)c2)ccc1OCc1ccc2ccccc2c1. The average molecular weight is 493 g/mol. The highest BCUT2D eigenvalue weighted by atomic mass is 35.5. The molecule has 0 saturated carbocycles. The zero-order valence-corrected chi connectivity index (χ0v) is 20.7. The van der Waals surface area contributed by atoms with Crippen molar-refractivity contribution >= 4 is 40.0 Å². The summed E-state index contributed by atoms with van der Waals surface area (Å²) >= 11 is 6.14. The maximum atomic E-state index is 12.7. The molecule has 4 rings (SSSR count). The van der Waals surface area contributed by atoms with Gasteiger partial charge in [0.15, 0.2) is 0 Å². The number of hydrogen-bond donors (Lipinski definition) is 1. The maximum absolute atomic E-state index is 12.7. The molecule has 1 amide bonds. The number of benzene rings is 4. The predicted molar refractivity (Wildman–Crippen MR) is 147 cm³/mol. The molecule has 1 N–H and O–H groups in total. The van der Waals surface area contributed by atoms with Gasteiger partial charge in [-0.05, 0) is 82.8 Å². The second-order valence-corrected chi connectivity index (χ2v) is 8.83. The number of ether oxygens (including phenoxy) is 1. The van der Waals surface area contributed by atoms with E-state index in [-0.39, 0.29) is 5.57 Å². The lowest BCUT2D eigenvalue weighted by Gasteiger charge is -2.12. The highest BCUT2D eigenvalue weighted by molar-refractivity contribution is 6.31. The van der Waals surface area contributed by atoms with Gasteiger partial charge in [0.2, 0.25) is 0 Å². The second kappa shape index (κ2) is 11.4. The van der Waals surface area contributed by atoms with E-state index in [9.17, 15) is 10.1 Å². The van der Waals surface area contributed by atoms with Crippen LogP contribution in [-0.2, 0) is 17.8 Å². The number of amides is 1. The summed E-state index contributed by atoms with van der Waals surface area (Å²) in [6.45, 7) is 6.15. The molecule has 0 heterocycles. The van der Waals surface area contributed by atoms with Crippen LogP contribution in [0.3, 0.4) is 0 Å². The third-order valence-electron chi connectivity index (χ3n) is 5.76. The Bertz CT molecular complexity index is 1520. The van der Waals surface area contributed by atoms with Crippen LogP contribution in [0.25, 0.3) is 16.8 Å². The molecule has 0 bridgehead atoms. The molecular formula is C31H25ClN2O2. The lowest BCUT2D eigenvalue weighted by Crippen LogP contribution is -2.13. The van der Waals surface area contributed by atoms with Gasteiger partial charge in [-0.15, -0.1) is 6.58 Å². The Morgan fingerprint density at radius 3 is 2.61 bits per heavy atom. The number of fused-ring (bicyclic) bond motifs is 1. The molecule has 0 radical (unpaired) electrons. The highest BCUT2D eigenvalue weighted by Gasteiger charge is 2.12. The van der Waals surface area contributed by atoms with E-state index in [0.717, 1.165) is 28.0 Å². The second-order valence-electron chi connectivity index (χ2n) is 8.42. The van der Waals surface area contributed by atoms with Crippen molar-refractivity contribution in [2.45, 2.75) is 20.0 Å². The van der Waals surface area contributed by atoms with Crippen molar-refractivity contribution < 1.29 is 9.53 Å². The van der Waals surface area contributed by atoms with Gasteiger partial charge in [0, 0.05) is 10.7 Å². The van der Waals surface area contributed by atoms with Crippen molar-refractivity contribution in [3.05, 3.63) is 124 Å². The monoisotopic (exact) mass is 492 g/mol. The number of carbonyl (C=O) groups is 1. The first-order valence-electron chi connectivity index (χ1n) is 11.5. The van der Waals surface area contributed by atoms with Crippen molar-refractivity contribution in [3.63, 3.8) is 0 Å². The summed E-state index contributed by atoms with van der Waals surface area (Å²) in [5, 5.41) is 15.2. The van der Waals surface area contributed by atoms with Crippen molar-refractivity contribution in [1.82, 2.24) is 0 Å². The number of carbonyl (C=O) groups excluding carboxylic acids is 1. The van der Waals surface area contributed by atoms with E-state index >= 15 is 0 Å². The number of halogens is 1. The molecule has 0 fully saturated rings. The first kappa shape index (κ1) is 24.8. The number of allylic oxidation sites excluding steroid dienone is 1. The van der Waals surface area contributed by atoms with E-state index in [1.807, 2.05) is 49.4 Å². The third-order valence-corrected chi connectivity index (χ3v) is 6.17. The molecule has 0 aliphatic rings. The van der Waals surface area contributed by atoms with Gasteiger partial charge in [-0.3, -0.25) is 4.79 Å². The normalized spacial score (nSPS) is 11.1. The number of nitrogens with one attached hydrogen (secondary N) is 1. The van der Waals surface area contributed by atoms with Crippen LogP contribution in [0.2, 0.25) is 5.02 Å². The molecule has 0 atom stereocenters. The number of nitriles is 1. The zero-order valence-electron chi connectivity index (χ0n) is 19.9. The number of nitrogens with zero attached hydrogens (tertiary/aromatic N) is 1. The Hall–Kier alpha value is -4.33. The van der Waals surface area contributed by atoms with E-state index in [1.165, 1.54) is 10.8 Å². The lowest BCUT2D eigenvalue weighted by atomic mass is 10.0. The molecule has 4 aromatic rings. The van der Waals surface area contributed by atoms with Crippen LogP contribution in [0.1, 0.15) is 22.3 Å². The molecule has 0 unspecified atom stereocenters. The first-order valence-corrected chi connectivity index (χ1v) is 11.9. The summed E-state index contributed by atoms with van der Waals surface area (Å²) in [6.07, 6.45) is 3.94. The maximum Gasteiger partial charge on any atom is 0.266 e. The fourth-order valence-corrected chi connectivity index (χ4v) is 4.00. The summed E-state index contributed by atoms with van der Waals surface area (Å²) in [4.78, 5) is 12.7. The van der Waals surface area contributed by atoms with Gasteiger partial charge in [0.25, 0.3) is 5.91 Å². The smallest absolute Gasteiger partial charge is 0.266 e. The van der Waals surface area contributed by atoms with Crippen LogP contribution in [0, 0.1) is 18.3 Å². The van der Waals surface area contributed by atoms with Gasteiger partial charge in [0.1, 0.15) is 24.0 Å². The summed E-state index contributed by atoms with van der Waals surface area (Å²) in [6, 6.07) is 27.3. The Balaban J connectivity index is 1.51. The Morgan fingerprint density at radius 2 is 1.86 bits per heavy atom. The van der Waals surface area contributed by atoms with Crippen molar-refractivity contribution in [3.8, 4) is 11.8 Å². The molecule has 0 aliphatic heterocycles. The largest absolute Gasteiger partial charge is 0.489 e.